The number of carbonyl (C=O) groups is 1. The van der Waals surface area contributed by atoms with Crippen molar-refractivity contribution in [3.05, 3.63) is 23.3 Å². The van der Waals surface area contributed by atoms with E-state index in [4.69, 9.17) is 9.47 Å². The fraction of sp³-hybridized carbons (Fsp3) is 0.762. The Balaban J connectivity index is 1.77. The van der Waals surface area contributed by atoms with Gasteiger partial charge in [-0.05, 0) is 49.0 Å². The maximum atomic E-state index is 12.2. The third kappa shape index (κ3) is 1.57. The van der Waals surface area contributed by atoms with Gasteiger partial charge < -0.3 is 14.6 Å². The molecule has 1 aliphatic heterocycles. The van der Waals surface area contributed by atoms with Crippen LogP contribution in [0.25, 0.3) is 0 Å². The van der Waals surface area contributed by atoms with E-state index in [1.807, 2.05) is 6.92 Å². The van der Waals surface area contributed by atoms with Gasteiger partial charge in [0.1, 0.15) is 0 Å². The van der Waals surface area contributed by atoms with Crippen LogP contribution in [0.5, 0.6) is 0 Å². The normalized spacial score (nSPS) is 54.7. The number of aliphatic hydroxyl groups excluding tert-OH is 1. The Morgan fingerprint density at radius 3 is 2.72 bits per heavy atom. The van der Waals surface area contributed by atoms with Crippen molar-refractivity contribution in [1.82, 2.24) is 0 Å². The molecule has 1 N–H and O–H groups in total. The van der Waals surface area contributed by atoms with Crippen molar-refractivity contribution in [2.24, 2.45) is 34.5 Å². The van der Waals surface area contributed by atoms with E-state index < -0.39 is 29.4 Å². The van der Waals surface area contributed by atoms with Crippen molar-refractivity contribution in [3.63, 3.8) is 0 Å². The first-order valence-corrected chi connectivity index (χ1v) is 9.59. The molecule has 1 saturated heterocycles. The molecule has 3 fully saturated rings. The largest absolute Gasteiger partial charge is 0.509 e. The predicted octanol–water partition coefficient (Wildman–Crippen LogP) is 3.85. The summed E-state index contributed by atoms with van der Waals surface area (Å²) in [6.07, 6.45) is 4.62. The molecule has 0 aromatic rings. The lowest BCUT2D eigenvalue weighted by Gasteiger charge is -2.49. The van der Waals surface area contributed by atoms with Crippen LogP contribution in [-0.4, -0.2) is 29.1 Å². The first kappa shape index (κ1) is 15.9. The molecule has 4 heteroatoms. The highest BCUT2D eigenvalue weighted by atomic mass is 16.8. The topological polar surface area (TPSA) is 55.8 Å². The lowest BCUT2D eigenvalue weighted by atomic mass is 9.58. The Hall–Kier alpha value is -1.29. The number of hydrogen-bond acceptors (Lipinski definition) is 4. The Morgan fingerprint density at radius 2 is 2.00 bits per heavy atom. The molecule has 4 aliphatic carbocycles. The highest BCUT2D eigenvalue weighted by molar-refractivity contribution is 5.66. The van der Waals surface area contributed by atoms with Gasteiger partial charge in [-0.15, -0.1) is 0 Å². The molecule has 2 bridgehead atoms. The number of rotatable bonds is 0. The number of aliphatic hydroxyl groups is 1. The summed E-state index contributed by atoms with van der Waals surface area (Å²) in [4.78, 5) is 12.2. The number of carbonyl (C=O) groups excluding carboxylic acids is 1. The van der Waals surface area contributed by atoms with Crippen LogP contribution in [0.4, 0.5) is 4.79 Å². The average molecular weight is 344 g/mol. The summed E-state index contributed by atoms with van der Waals surface area (Å²) in [7, 11) is 0. The van der Waals surface area contributed by atoms with E-state index in [1.54, 1.807) is 0 Å². The van der Waals surface area contributed by atoms with Gasteiger partial charge in [0.15, 0.2) is 11.7 Å². The van der Waals surface area contributed by atoms with Gasteiger partial charge in [-0.25, -0.2) is 4.79 Å². The Kier molecular flexibility index (Phi) is 2.76. The number of ether oxygens (including phenoxy) is 2. The van der Waals surface area contributed by atoms with Crippen LogP contribution < -0.4 is 0 Å². The molecule has 0 amide bonds. The fourth-order valence-electron chi connectivity index (χ4n) is 7.34. The van der Waals surface area contributed by atoms with Crippen LogP contribution in [0.15, 0.2) is 23.3 Å². The van der Waals surface area contributed by atoms with Crippen molar-refractivity contribution >= 4 is 6.16 Å². The molecule has 5 aliphatic rings. The quantitative estimate of drug-likeness (QED) is 0.536. The van der Waals surface area contributed by atoms with Gasteiger partial charge in [0.2, 0.25) is 0 Å². The van der Waals surface area contributed by atoms with E-state index in [0.29, 0.717) is 18.3 Å². The average Bonchev–Trinajstić information content (AvgIpc) is 2.81. The summed E-state index contributed by atoms with van der Waals surface area (Å²) in [6, 6.07) is 0. The lowest BCUT2D eigenvalue weighted by molar-refractivity contribution is -0.136. The third-order valence-corrected chi connectivity index (χ3v) is 8.36. The van der Waals surface area contributed by atoms with E-state index in [-0.39, 0.29) is 17.3 Å². The van der Waals surface area contributed by atoms with Crippen molar-refractivity contribution in [3.8, 4) is 0 Å². The predicted molar refractivity (Wildman–Crippen MR) is 92.7 cm³/mol. The molecule has 136 valence electrons. The Morgan fingerprint density at radius 1 is 1.28 bits per heavy atom. The molecule has 5 rings (SSSR count). The molecular weight excluding hydrogens is 316 g/mol. The molecule has 2 saturated carbocycles. The van der Waals surface area contributed by atoms with Crippen LogP contribution in [0.1, 0.15) is 47.5 Å². The zero-order chi connectivity index (χ0) is 17.9. The van der Waals surface area contributed by atoms with Crippen LogP contribution in [0, 0.1) is 34.5 Å². The highest BCUT2D eigenvalue weighted by Crippen LogP contribution is 2.73. The van der Waals surface area contributed by atoms with Crippen LogP contribution in [-0.2, 0) is 9.47 Å². The molecule has 25 heavy (non-hydrogen) atoms. The molecule has 0 radical (unpaired) electrons. The summed E-state index contributed by atoms with van der Waals surface area (Å²) < 4.78 is 11.6. The van der Waals surface area contributed by atoms with Crippen LogP contribution >= 0.6 is 0 Å². The second-order valence-corrected chi connectivity index (χ2v) is 9.86. The Bertz CT molecular complexity index is 734. The van der Waals surface area contributed by atoms with Crippen LogP contribution in [0.3, 0.4) is 0 Å². The summed E-state index contributed by atoms with van der Waals surface area (Å²) >= 11 is 0. The van der Waals surface area contributed by atoms with Crippen molar-refractivity contribution in [1.29, 1.82) is 0 Å². The summed E-state index contributed by atoms with van der Waals surface area (Å²) in [5.74, 6) is 1.43. The minimum Gasteiger partial charge on any atom is -0.422 e. The molecule has 0 aromatic heterocycles. The summed E-state index contributed by atoms with van der Waals surface area (Å²) in [6.45, 7) is 11.0. The van der Waals surface area contributed by atoms with Crippen molar-refractivity contribution in [2.75, 3.05) is 0 Å². The lowest BCUT2D eigenvalue weighted by Crippen LogP contribution is -2.60. The zero-order valence-electron chi connectivity index (χ0n) is 15.7. The van der Waals surface area contributed by atoms with E-state index in [0.717, 1.165) is 12.0 Å². The van der Waals surface area contributed by atoms with E-state index in [9.17, 15) is 9.90 Å². The van der Waals surface area contributed by atoms with E-state index in [1.165, 1.54) is 5.57 Å². The first-order chi connectivity index (χ1) is 11.6. The number of fused-ring (bicyclic) bond motifs is 3. The van der Waals surface area contributed by atoms with Gasteiger partial charge in [-0.1, -0.05) is 38.5 Å². The highest BCUT2D eigenvalue weighted by Gasteiger charge is 2.76. The molecule has 2 spiro atoms. The monoisotopic (exact) mass is 344 g/mol. The van der Waals surface area contributed by atoms with Gasteiger partial charge in [0, 0.05) is 12.3 Å². The summed E-state index contributed by atoms with van der Waals surface area (Å²) in [5, 5.41) is 11.7. The van der Waals surface area contributed by atoms with E-state index >= 15 is 0 Å². The van der Waals surface area contributed by atoms with Gasteiger partial charge in [0.25, 0.3) is 0 Å². The van der Waals surface area contributed by atoms with Gasteiger partial charge in [-0.3, -0.25) is 0 Å². The smallest absolute Gasteiger partial charge is 0.422 e. The van der Waals surface area contributed by atoms with Crippen LogP contribution in [0.2, 0.25) is 0 Å². The molecular formula is C21H28O4. The first-order valence-electron chi connectivity index (χ1n) is 9.59. The SMILES string of the molecule is CC1=C[C@]23C(O)[C@@H](C=C(C)[C@H]4OC(=O)O[C@]42C1)[C@H]1[C@@H](C[C@H]3C)C1(C)C. The van der Waals surface area contributed by atoms with Gasteiger partial charge >= 0.3 is 6.16 Å². The maximum Gasteiger partial charge on any atom is 0.509 e. The minimum atomic E-state index is -0.788. The van der Waals surface area contributed by atoms with E-state index in [2.05, 4.69) is 39.8 Å². The summed E-state index contributed by atoms with van der Waals surface area (Å²) in [5.41, 5.74) is 1.15. The fourth-order valence-corrected chi connectivity index (χ4v) is 7.34. The van der Waals surface area contributed by atoms with Gasteiger partial charge in [0.05, 0.1) is 11.5 Å². The standard InChI is InChI=1S/C21H28O4/c1-10-8-20-12(3)7-14-15(19(14,4)5)13(16(20)22)6-11(2)17-21(20,9-10)25-18(23)24-17/h6,8,12-17,22H,7,9H2,1-5H3/t12-,13+,14-,15+,16?,17-,20+,21-/m1/s1. The second kappa shape index (κ2) is 4.33. The Labute approximate surface area is 149 Å². The molecule has 1 unspecified atom stereocenters. The van der Waals surface area contributed by atoms with Gasteiger partial charge in [-0.2, -0.15) is 0 Å². The van der Waals surface area contributed by atoms with Crippen molar-refractivity contribution < 1.29 is 19.4 Å². The molecule has 4 nitrogen and oxygen atoms in total. The number of hydrogen-bond donors (Lipinski definition) is 1. The van der Waals surface area contributed by atoms with Crippen molar-refractivity contribution in [2.45, 2.75) is 65.3 Å². The zero-order valence-corrected chi connectivity index (χ0v) is 15.7. The minimum absolute atomic E-state index is 0.0943. The molecule has 0 aromatic carbocycles. The molecule has 8 atom stereocenters. The maximum absolute atomic E-state index is 12.2. The third-order valence-electron chi connectivity index (χ3n) is 8.36. The molecule has 1 heterocycles. The second-order valence-electron chi connectivity index (χ2n) is 9.86.